The molecular weight excluding hydrogens is 479 g/mol. The number of guanidine groups is 1. The average Bonchev–Trinajstić information content (AvgIpc) is 3.13. The van der Waals surface area contributed by atoms with Crippen LogP contribution in [0, 0.1) is 11.6 Å². The molecule has 28 heavy (non-hydrogen) atoms. The van der Waals surface area contributed by atoms with E-state index in [9.17, 15) is 8.78 Å². The van der Waals surface area contributed by atoms with E-state index in [2.05, 4.69) is 20.6 Å². The van der Waals surface area contributed by atoms with Gasteiger partial charge in [-0.3, -0.25) is 4.99 Å². The van der Waals surface area contributed by atoms with Gasteiger partial charge in [0.15, 0.2) is 5.96 Å². The van der Waals surface area contributed by atoms with E-state index >= 15 is 0 Å². The average molecular weight is 503 g/mol. The molecule has 0 amide bonds. The molecule has 1 unspecified atom stereocenters. The molecule has 0 radical (unpaired) electrons. The predicted molar refractivity (Wildman–Crippen MR) is 117 cm³/mol. The fraction of sp³-hybridized carbons (Fsp3) is 0.368. The highest BCUT2D eigenvalue weighted by Gasteiger charge is 2.27. The lowest BCUT2D eigenvalue weighted by Crippen LogP contribution is -2.44. The lowest BCUT2D eigenvalue weighted by Gasteiger charge is -2.21. The third-order valence-corrected chi connectivity index (χ3v) is 4.47. The summed E-state index contributed by atoms with van der Waals surface area (Å²) >= 11 is 0. The van der Waals surface area contributed by atoms with Crippen LogP contribution in [0.3, 0.4) is 0 Å². The molecular formula is C19H24F2IN5O. The highest BCUT2D eigenvalue weighted by atomic mass is 127. The number of rotatable bonds is 5. The van der Waals surface area contributed by atoms with Gasteiger partial charge >= 0.3 is 0 Å². The predicted octanol–water partition coefficient (Wildman–Crippen LogP) is 2.93. The molecule has 0 spiro atoms. The molecule has 0 bridgehead atoms. The molecule has 3 rings (SSSR count). The number of aliphatic imine (C=N–C) groups is 1. The van der Waals surface area contributed by atoms with E-state index < -0.39 is 11.6 Å². The molecule has 1 fully saturated rings. The molecule has 2 aromatic rings. The quantitative estimate of drug-likeness (QED) is 0.374. The summed E-state index contributed by atoms with van der Waals surface area (Å²) in [7, 11) is 3.26. The maximum atomic E-state index is 14.0. The van der Waals surface area contributed by atoms with Gasteiger partial charge in [0, 0.05) is 45.0 Å². The summed E-state index contributed by atoms with van der Waals surface area (Å²) in [6.07, 6.45) is 2.50. The Morgan fingerprint density at radius 2 is 2.04 bits per heavy atom. The Bertz CT molecular complexity index is 783. The SMILES string of the molecule is CN=C(NCc1ccc(OC)nc1)NC1CCN(c2c(F)cccc2F)C1.I. The molecule has 6 nitrogen and oxygen atoms in total. The van der Waals surface area contributed by atoms with Crippen LogP contribution in [0.25, 0.3) is 0 Å². The van der Waals surface area contributed by atoms with E-state index in [1.807, 2.05) is 6.07 Å². The minimum Gasteiger partial charge on any atom is -0.481 e. The summed E-state index contributed by atoms with van der Waals surface area (Å²) in [4.78, 5) is 10.1. The minimum absolute atomic E-state index is 0. The topological polar surface area (TPSA) is 61.8 Å². The summed E-state index contributed by atoms with van der Waals surface area (Å²) in [6, 6.07) is 7.70. The zero-order valence-corrected chi connectivity index (χ0v) is 18.1. The van der Waals surface area contributed by atoms with Crippen LogP contribution >= 0.6 is 24.0 Å². The van der Waals surface area contributed by atoms with Crippen molar-refractivity contribution >= 4 is 35.6 Å². The highest BCUT2D eigenvalue weighted by Crippen LogP contribution is 2.26. The van der Waals surface area contributed by atoms with Crippen molar-refractivity contribution in [3.8, 4) is 5.88 Å². The first kappa shape index (κ1) is 22.1. The first-order valence-electron chi connectivity index (χ1n) is 8.75. The largest absolute Gasteiger partial charge is 0.481 e. The number of nitrogens with one attached hydrogen (secondary N) is 2. The molecule has 0 aliphatic carbocycles. The molecule has 2 N–H and O–H groups in total. The summed E-state index contributed by atoms with van der Waals surface area (Å²) in [5, 5.41) is 6.52. The van der Waals surface area contributed by atoms with Crippen molar-refractivity contribution in [3.63, 3.8) is 0 Å². The van der Waals surface area contributed by atoms with Crippen LogP contribution < -0.4 is 20.3 Å². The van der Waals surface area contributed by atoms with Gasteiger partial charge in [-0.05, 0) is 24.1 Å². The van der Waals surface area contributed by atoms with Gasteiger partial charge in [-0.1, -0.05) is 12.1 Å². The van der Waals surface area contributed by atoms with Crippen LogP contribution in [-0.2, 0) is 6.54 Å². The standard InChI is InChI=1S/C19H23F2N5O.HI/c1-22-19(24-11-13-6-7-17(27-2)23-10-13)25-14-8-9-26(12-14)18-15(20)4-3-5-16(18)21;/h3-7,10,14H,8-9,11-12H2,1-2H3,(H2,22,24,25);1H. The molecule has 1 aromatic carbocycles. The fourth-order valence-electron chi connectivity index (χ4n) is 3.08. The number of hydrogen-bond acceptors (Lipinski definition) is 4. The molecule has 1 aromatic heterocycles. The molecule has 152 valence electrons. The minimum atomic E-state index is -0.537. The van der Waals surface area contributed by atoms with E-state index in [1.54, 1.807) is 31.3 Å². The van der Waals surface area contributed by atoms with Crippen molar-refractivity contribution in [2.75, 3.05) is 32.1 Å². The fourth-order valence-corrected chi connectivity index (χ4v) is 3.08. The number of nitrogens with zero attached hydrogens (tertiary/aromatic N) is 3. The zero-order valence-electron chi connectivity index (χ0n) is 15.8. The lowest BCUT2D eigenvalue weighted by atomic mass is 10.2. The molecule has 1 aliphatic heterocycles. The number of aromatic nitrogens is 1. The first-order chi connectivity index (χ1) is 13.1. The van der Waals surface area contributed by atoms with E-state index in [-0.39, 0.29) is 35.7 Å². The van der Waals surface area contributed by atoms with E-state index in [0.29, 0.717) is 31.5 Å². The Morgan fingerprint density at radius 1 is 1.29 bits per heavy atom. The maximum absolute atomic E-state index is 14.0. The van der Waals surface area contributed by atoms with Crippen molar-refractivity contribution in [2.24, 2.45) is 4.99 Å². The third-order valence-electron chi connectivity index (χ3n) is 4.47. The van der Waals surface area contributed by atoms with Crippen LogP contribution in [0.4, 0.5) is 14.5 Å². The Morgan fingerprint density at radius 3 is 2.64 bits per heavy atom. The van der Waals surface area contributed by atoms with Gasteiger partial charge in [0.25, 0.3) is 0 Å². The zero-order chi connectivity index (χ0) is 19.2. The lowest BCUT2D eigenvalue weighted by molar-refractivity contribution is 0.397. The van der Waals surface area contributed by atoms with Crippen molar-refractivity contribution in [3.05, 3.63) is 53.7 Å². The van der Waals surface area contributed by atoms with Crippen molar-refractivity contribution in [1.82, 2.24) is 15.6 Å². The van der Waals surface area contributed by atoms with E-state index in [1.165, 1.54) is 18.2 Å². The monoisotopic (exact) mass is 503 g/mol. The second-order valence-corrected chi connectivity index (χ2v) is 6.28. The molecule has 0 saturated carbocycles. The second kappa shape index (κ2) is 10.4. The molecule has 9 heteroatoms. The molecule has 1 aliphatic rings. The van der Waals surface area contributed by atoms with Crippen molar-refractivity contribution < 1.29 is 13.5 Å². The number of benzene rings is 1. The van der Waals surface area contributed by atoms with Gasteiger partial charge in [0.1, 0.15) is 17.3 Å². The third kappa shape index (κ3) is 5.43. The molecule has 1 atom stereocenters. The van der Waals surface area contributed by atoms with Gasteiger partial charge in [-0.2, -0.15) is 0 Å². The van der Waals surface area contributed by atoms with Crippen LogP contribution in [-0.4, -0.2) is 44.2 Å². The first-order valence-corrected chi connectivity index (χ1v) is 8.75. The van der Waals surface area contributed by atoms with Crippen LogP contribution in [0.5, 0.6) is 5.88 Å². The van der Waals surface area contributed by atoms with E-state index in [0.717, 1.165) is 12.0 Å². The molecule has 2 heterocycles. The summed E-state index contributed by atoms with van der Waals surface area (Å²) in [6.45, 7) is 1.63. The number of anilines is 1. The van der Waals surface area contributed by atoms with Gasteiger partial charge < -0.3 is 20.3 Å². The van der Waals surface area contributed by atoms with Gasteiger partial charge in [0.2, 0.25) is 5.88 Å². The number of para-hydroxylation sites is 1. The maximum Gasteiger partial charge on any atom is 0.212 e. The Labute approximate surface area is 180 Å². The van der Waals surface area contributed by atoms with E-state index in [4.69, 9.17) is 4.74 Å². The van der Waals surface area contributed by atoms with Crippen LogP contribution in [0.15, 0.2) is 41.5 Å². The number of hydrogen-bond donors (Lipinski definition) is 2. The van der Waals surface area contributed by atoms with Gasteiger partial charge in [-0.15, -0.1) is 24.0 Å². The Hall–Kier alpha value is -2.17. The molecule has 1 saturated heterocycles. The smallest absolute Gasteiger partial charge is 0.212 e. The number of methoxy groups -OCH3 is 1. The Balaban J connectivity index is 0.00000280. The number of halogens is 3. The van der Waals surface area contributed by atoms with Crippen LogP contribution in [0.2, 0.25) is 0 Å². The number of pyridine rings is 1. The van der Waals surface area contributed by atoms with Crippen LogP contribution in [0.1, 0.15) is 12.0 Å². The van der Waals surface area contributed by atoms with Crippen molar-refractivity contribution in [1.29, 1.82) is 0 Å². The second-order valence-electron chi connectivity index (χ2n) is 6.28. The number of ether oxygens (including phenoxy) is 1. The summed E-state index contributed by atoms with van der Waals surface area (Å²) in [5.74, 6) is 0.120. The Kier molecular flexibility index (Phi) is 8.21. The summed E-state index contributed by atoms with van der Waals surface area (Å²) in [5.41, 5.74) is 1.02. The van der Waals surface area contributed by atoms with Gasteiger partial charge in [-0.25, -0.2) is 13.8 Å². The van der Waals surface area contributed by atoms with Crippen molar-refractivity contribution in [2.45, 2.75) is 19.0 Å². The summed E-state index contributed by atoms with van der Waals surface area (Å²) < 4.78 is 33.0. The van der Waals surface area contributed by atoms with Gasteiger partial charge in [0.05, 0.1) is 7.11 Å². The highest BCUT2D eigenvalue weighted by molar-refractivity contribution is 14.0. The normalized spacial score (nSPS) is 16.5.